The second-order valence-electron chi connectivity index (χ2n) is 6.20. The molecule has 0 aliphatic heterocycles. The summed E-state index contributed by atoms with van der Waals surface area (Å²) < 4.78 is 2.19. The zero-order valence-electron chi connectivity index (χ0n) is 14.5. The molecule has 132 valence electrons. The van der Waals surface area contributed by atoms with Crippen LogP contribution in [0.25, 0.3) is 17.0 Å². The Hall–Kier alpha value is -3.11. The molecule has 3 N–H and O–H groups in total. The molecule has 0 bridgehead atoms. The summed E-state index contributed by atoms with van der Waals surface area (Å²) in [6.45, 7) is 0.760. The molecule has 0 aliphatic carbocycles. The van der Waals surface area contributed by atoms with Gasteiger partial charge in [-0.3, -0.25) is 0 Å². The van der Waals surface area contributed by atoms with Crippen molar-refractivity contribution >= 4 is 22.9 Å². The van der Waals surface area contributed by atoms with E-state index >= 15 is 0 Å². The zero-order chi connectivity index (χ0) is 18.4. The maximum Gasteiger partial charge on any atom is 0.328 e. The number of carboxylic acids is 1. The summed E-state index contributed by atoms with van der Waals surface area (Å²) in [5, 5.41) is 9.89. The van der Waals surface area contributed by atoms with Gasteiger partial charge < -0.3 is 15.4 Å². The number of aliphatic carboxylic acids is 1. The number of carbonyl (C=O) groups is 1. The van der Waals surface area contributed by atoms with Crippen LogP contribution in [0.2, 0.25) is 0 Å². The van der Waals surface area contributed by atoms with Crippen LogP contribution in [0.5, 0.6) is 0 Å². The standard InChI is InChI=1S/C22H22N2O2/c23-19(12-13-22(25)26)15-18-16-24(21-11-5-4-10-20(18)21)14-6-9-17-7-2-1-3-8-17/h1-13,16,19H,14-15,23H2,(H,25,26)/t19-/m0/s1. The first-order valence-corrected chi connectivity index (χ1v) is 8.58. The van der Waals surface area contributed by atoms with E-state index in [-0.39, 0.29) is 6.04 Å². The van der Waals surface area contributed by atoms with Crippen LogP contribution in [0, 0.1) is 0 Å². The lowest BCUT2D eigenvalue weighted by Gasteiger charge is -2.04. The van der Waals surface area contributed by atoms with Crippen LogP contribution in [0.15, 0.2) is 79.0 Å². The van der Waals surface area contributed by atoms with Gasteiger partial charge >= 0.3 is 5.97 Å². The summed E-state index contributed by atoms with van der Waals surface area (Å²) in [6.07, 6.45) is 9.58. The normalized spacial score (nSPS) is 13.0. The van der Waals surface area contributed by atoms with Crippen molar-refractivity contribution in [1.29, 1.82) is 0 Å². The Morgan fingerprint density at radius 3 is 2.62 bits per heavy atom. The van der Waals surface area contributed by atoms with Crippen LogP contribution in [-0.4, -0.2) is 21.7 Å². The van der Waals surface area contributed by atoms with E-state index in [0.29, 0.717) is 6.42 Å². The second kappa shape index (κ2) is 8.32. The van der Waals surface area contributed by atoms with Gasteiger partial charge in [0.05, 0.1) is 0 Å². The number of rotatable bonds is 7. The highest BCUT2D eigenvalue weighted by Gasteiger charge is 2.10. The first-order valence-electron chi connectivity index (χ1n) is 8.58. The average molecular weight is 346 g/mol. The Bertz CT molecular complexity index is 939. The largest absolute Gasteiger partial charge is 0.478 e. The van der Waals surface area contributed by atoms with Crippen LogP contribution in [0.4, 0.5) is 0 Å². The highest BCUT2D eigenvalue weighted by molar-refractivity contribution is 5.84. The van der Waals surface area contributed by atoms with Gasteiger partial charge in [0.2, 0.25) is 0 Å². The van der Waals surface area contributed by atoms with Crippen molar-refractivity contribution in [3.8, 4) is 0 Å². The second-order valence-corrected chi connectivity index (χ2v) is 6.20. The smallest absolute Gasteiger partial charge is 0.328 e. The maximum absolute atomic E-state index is 10.7. The van der Waals surface area contributed by atoms with Crippen LogP contribution in [0.1, 0.15) is 11.1 Å². The molecule has 2 aromatic carbocycles. The number of nitrogens with zero attached hydrogens (tertiary/aromatic N) is 1. The fourth-order valence-corrected chi connectivity index (χ4v) is 3.03. The molecule has 0 fully saturated rings. The number of hydrogen-bond donors (Lipinski definition) is 2. The summed E-state index contributed by atoms with van der Waals surface area (Å²) in [4.78, 5) is 10.7. The number of aromatic nitrogens is 1. The molecule has 0 saturated carbocycles. The van der Waals surface area contributed by atoms with Gasteiger partial charge in [0.25, 0.3) is 0 Å². The van der Waals surface area contributed by atoms with Gasteiger partial charge in [-0.2, -0.15) is 0 Å². The van der Waals surface area contributed by atoms with E-state index in [2.05, 4.69) is 47.2 Å². The van der Waals surface area contributed by atoms with Crippen molar-refractivity contribution in [1.82, 2.24) is 4.57 Å². The van der Waals surface area contributed by atoms with Crippen molar-refractivity contribution in [2.24, 2.45) is 5.73 Å². The number of para-hydroxylation sites is 1. The Balaban J connectivity index is 1.80. The quantitative estimate of drug-likeness (QED) is 0.638. The van der Waals surface area contributed by atoms with E-state index in [9.17, 15) is 4.79 Å². The number of fused-ring (bicyclic) bond motifs is 1. The van der Waals surface area contributed by atoms with Crippen molar-refractivity contribution < 1.29 is 9.90 Å². The summed E-state index contributed by atoms with van der Waals surface area (Å²) in [5.41, 5.74) is 9.50. The van der Waals surface area contributed by atoms with Crippen LogP contribution < -0.4 is 5.73 Å². The number of benzene rings is 2. The number of nitrogens with two attached hydrogens (primary N) is 1. The summed E-state index contributed by atoms with van der Waals surface area (Å²) in [7, 11) is 0. The van der Waals surface area contributed by atoms with E-state index in [1.165, 1.54) is 11.6 Å². The predicted octanol–water partition coefficient (Wildman–Crippen LogP) is 3.87. The topological polar surface area (TPSA) is 68.2 Å². The third-order valence-electron chi connectivity index (χ3n) is 4.22. The predicted molar refractivity (Wildman–Crippen MR) is 106 cm³/mol. The molecule has 0 radical (unpaired) electrons. The van der Waals surface area contributed by atoms with Gasteiger partial charge in [-0.15, -0.1) is 0 Å². The number of carboxylic acid groups (broad SMARTS) is 1. The van der Waals surface area contributed by atoms with Crippen LogP contribution >= 0.6 is 0 Å². The molecular formula is C22H22N2O2. The minimum absolute atomic E-state index is 0.329. The molecule has 1 aromatic heterocycles. The van der Waals surface area contributed by atoms with E-state index in [4.69, 9.17) is 10.8 Å². The van der Waals surface area contributed by atoms with Crippen molar-refractivity contribution in [3.05, 3.63) is 90.1 Å². The lowest BCUT2D eigenvalue weighted by Crippen LogP contribution is -2.20. The number of hydrogen-bond acceptors (Lipinski definition) is 2. The molecule has 3 rings (SSSR count). The lowest BCUT2D eigenvalue weighted by atomic mass is 10.1. The fourth-order valence-electron chi connectivity index (χ4n) is 3.03. The van der Waals surface area contributed by atoms with Crippen molar-refractivity contribution in [2.75, 3.05) is 0 Å². The van der Waals surface area contributed by atoms with Gasteiger partial charge in [0.1, 0.15) is 0 Å². The Morgan fingerprint density at radius 2 is 1.85 bits per heavy atom. The first-order chi connectivity index (χ1) is 12.6. The zero-order valence-corrected chi connectivity index (χ0v) is 14.5. The molecule has 1 heterocycles. The van der Waals surface area contributed by atoms with E-state index in [1.54, 1.807) is 0 Å². The van der Waals surface area contributed by atoms with Gasteiger partial charge in [0, 0.05) is 35.8 Å². The summed E-state index contributed by atoms with van der Waals surface area (Å²) >= 11 is 0. The molecule has 1 atom stereocenters. The van der Waals surface area contributed by atoms with Gasteiger partial charge in [0.15, 0.2) is 0 Å². The molecule has 0 amide bonds. The van der Waals surface area contributed by atoms with Crippen LogP contribution in [-0.2, 0) is 17.8 Å². The Labute approximate surface area is 152 Å². The lowest BCUT2D eigenvalue weighted by molar-refractivity contribution is -0.131. The first kappa shape index (κ1) is 17.7. The van der Waals surface area contributed by atoms with Gasteiger partial charge in [-0.1, -0.05) is 66.8 Å². The van der Waals surface area contributed by atoms with Gasteiger partial charge in [-0.25, -0.2) is 4.79 Å². The summed E-state index contributed by atoms with van der Waals surface area (Å²) in [5.74, 6) is -0.978. The average Bonchev–Trinajstić information content (AvgIpc) is 2.99. The van der Waals surface area contributed by atoms with Gasteiger partial charge in [-0.05, 0) is 23.6 Å². The molecule has 26 heavy (non-hydrogen) atoms. The molecule has 4 heteroatoms. The van der Waals surface area contributed by atoms with E-state index in [1.807, 2.05) is 30.3 Å². The minimum atomic E-state index is -0.978. The third-order valence-corrected chi connectivity index (χ3v) is 4.22. The van der Waals surface area contributed by atoms with E-state index < -0.39 is 5.97 Å². The maximum atomic E-state index is 10.7. The number of allylic oxidation sites excluding steroid dienone is 1. The molecule has 0 aliphatic rings. The molecular weight excluding hydrogens is 324 g/mol. The van der Waals surface area contributed by atoms with Crippen molar-refractivity contribution in [3.63, 3.8) is 0 Å². The minimum Gasteiger partial charge on any atom is -0.478 e. The van der Waals surface area contributed by atoms with E-state index in [0.717, 1.165) is 29.1 Å². The highest BCUT2D eigenvalue weighted by Crippen LogP contribution is 2.22. The van der Waals surface area contributed by atoms with Crippen LogP contribution in [0.3, 0.4) is 0 Å². The third kappa shape index (κ3) is 4.49. The molecule has 4 nitrogen and oxygen atoms in total. The SMILES string of the molecule is N[C@@H](C=CC(=O)O)Cc1cn(CC=Cc2ccccc2)c2ccccc12. The molecule has 0 unspecified atom stereocenters. The highest BCUT2D eigenvalue weighted by atomic mass is 16.4. The molecule has 3 aromatic rings. The molecule has 0 spiro atoms. The monoisotopic (exact) mass is 346 g/mol. The van der Waals surface area contributed by atoms with Crippen molar-refractivity contribution in [2.45, 2.75) is 19.0 Å². The Morgan fingerprint density at radius 1 is 1.12 bits per heavy atom. The Kier molecular flexibility index (Phi) is 5.66. The fraction of sp³-hybridized carbons (Fsp3) is 0.136. The molecule has 0 saturated heterocycles. The summed E-state index contributed by atoms with van der Waals surface area (Å²) in [6, 6.07) is 18.1.